The lowest BCUT2D eigenvalue weighted by Crippen LogP contribution is -2.60. The van der Waals surface area contributed by atoms with Crippen molar-refractivity contribution in [1.29, 1.82) is 0 Å². The summed E-state index contributed by atoms with van der Waals surface area (Å²) in [4.78, 5) is 51.3. The number of rotatable bonds is 6. The average Bonchev–Trinajstić information content (AvgIpc) is 3.11. The van der Waals surface area contributed by atoms with Crippen molar-refractivity contribution in [1.82, 2.24) is 0 Å². The number of esters is 1. The van der Waals surface area contributed by atoms with Crippen LogP contribution < -0.4 is 0 Å². The van der Waals surface area contributed by atoms with Crippen molar-refractivity contribution in [3.05, 3.63) is 0 Å². The largest absolute Gasteiger partial charge is 0.466 e. The molecule has 0 bridgehead atoms. The lowest BCUT2D eigenvalue weighted by Gasteiger charge is -2.58. The Labute approximate surface area is 192 Å². The van der Waals surface area contributed by atoms with E-state index in [-0.39, 0.29) is 52.7 Å². The smallest absolute Gasteiger partial charge is 0.305 e. The summed E-state index contributed by atoms with van der Waals surface area (Å²) in [5.74, 6) is 1.46. The van der Waals surface area contributed by atoms with Crippen LogP contribution in [-0.4, -0.2) is 29.9 Å². The van der Waals surface area contributed by atoms with Gasteiger partial charge in [-0.3, -0.25) is 19.2 Å². The Morgan fingerprint density at radius 2 is 1.84 bits per heavy atom. The van der Waals surface area contributed by atoms with E-state index >= 15 is 0 Å². The Hall–Kier alpha value is -1.52. The van der Waals surface area contributed by atoms with Crippen LogP contribution in [0.1, 0.15) is 91.9 Å². The Morgan fingerprint density at radius 3 is 2.56 bits per heavy atom. The first-order chi connectivity index (χ1) is 15.1. The van der Waals surface area contributed by atoms with E-state index in [1.165, 1.54) is 0 Å². The van der Waals surface area contributed by atoms with E-state index in [1.54, 1.807) is 0 Å². The van der Waals surface area contributed by atoms with Crippen molar-refractivity contribution in [2.75, 3.05) is 6.61 Å². The quantitative estimate of drug-likeness (QED) is 0.542. The molecule has 0 aromatic rings. The van der Waals surface area contributed by atoms with Crippen LogP contribution in [0.25, 0.3) is 0 Å². The molecule has 0 N–H and O–H groups in total. The van der Waals surface area contributed by atoms with Crippen LogP contribution in [0.4, 0.5) is 0 Å². The molecular weight excluding hydrogens is 404 g/mol. The van der Waals surface area contributed by atoms with E-state index in [2.05, 4.69) is 20.8 Å². The third-order valence-electron chi connectivity index (χ3n) is 10.2. The van der Waals surface area contributed by atoms with Gasteiger partial charge < -0.3 is 4.74 Å². The van der Waals surface area contributed by atoms with E-state index in [9.17, 15) is 19.2 Å². The highest BCUT2D eigenvalue weighted by atomic mass is 16.5. The summed E-state index contributed by atoms with van der Waals surface area (Å²) in [6, 6.07) is 0. The second-order valence-electron chi connectivity index (χ2n) is 11.7. The third kappa shape index (κ3) is 3.68. The molecule has 0 aromatic carbocycles. The first-order valence-corrected chi connectivity index (χ1v) is 12.9. The summed E-state index contributed by atoms with van der Waals surface area (Å²) >= 11 is 0. The first-order valence-electron chi connectivity index (χ1n) is 12.9. The number of ketones is 3. The van der Waals surface area contributed by atoms with Gasteiger partial charge in [-0.05, 0) is 67.1 Å². The van der Waals surface area contributed by atoms with Crippen molar-refractivity contribution in [2.24, 2.45) is 46.3 Å². The van der Waals surface area contributed by atoms with Crippen LogP contribution in [-0.2, 0) is 23.9 Å². The summed E-state index contributed by atoms with van der Waals surface area (Å²) in [5, 5.41) is 0. The van der Waals surface area contributed by atoms with Gasteiger partial charge in [0.1, 0.15) is 17.3 Å². The molecule has 1 unspecified atom stereocenters. The number of hydrogen-bond acceptors (Lipinski definition) is 5. The number of carbonyl (C=O) groups excluding carboxylic acids is 4. The van der Waals surface area contributed by atoms with Gasteiger partial charge in [-0.25, -0.2) is 0 Å². The molecule has 0 aromatic heterocycles. The highest BCUT2D eigenvalue weighted by molar-refractivity contribution is 5.93. The van der Waals surface area contributed by atoms with Gasteiger partial charge in [0.2, 0.25) is 0 Å². The summed E-state index contributed by atoms with van der Waals surface area (Å²) in [5.41, 5.74) is -0.548. The van der Waals surface area contributed by atoms with Gasteiger partial charge in [0.15, 0.2) is 0 Å². The Kier molecular flexibility index (Phi) is 6.41. The Balaban J connectivity index is 1.53. The maximum atomic E-state index is 13.8. The second-order valence-corrected chi connectivity index (χ2v) is 11.7. The molecule has 8 atom stereocenters. The highest BCUT2D eigenvalue weighted by Crippen LogP contribution is 2.66. The SMILES string of the molecule is CCCOC(=O)CC[C@@H](C)[C@H]1CC[C@H]2C3C(=O)C[C@@H]4CC(=O)CC[C@]4(C)[C@H]3CC(=O)[C@]12C. The lowest BCUT2D eigenvalue weighted by atomic mass is 9.44. The molecule has 178 valence electrons. The van der Waals surface area contributed by atoms with Crippen molar-refractivity contribution >= 4 is 23.3 Å². The molecule has 4 saturated carbocycles. The maximum Gasteiger partial charge on any atom is 0.305 e. The fourth-order valence-electron chi connectivity index (χ4n) is 8.22. The molecule has 5 heteroatoms. The molecule has 4 aliphatic rings. The number of fused-ring (bicyclic) bond motifs is 5. The number of carbonyl (C=O) groups is 4. The van der Waals surface area contributed by atoms with Gasteiger partial charge >= 0.3 is 5.97 Å². The predicted octanol–water partition coefficient (Wildman–Crippen LogP) is 4.94. The van der Waals surface area contributed by atoms with Crippen LogP contribution in [0.3, 0.4) is 0 Å². The summed E-state index contributed by atoms with van der Waals surface area (Å²) in [6.45, 7) is 8.98. The topological polar surface area (TPSA) is 77.5 Å². The van der Waals surface area contributed by atoms with Crippen molar-refractivity contribution in [3.8, 4) is 0 Å². The molecule has 32 heavy (non-hydrogen) atoms. The monoisotopic (exact) mass is 444 g/mol. The van der Waals surface area contributed by atoms with Gasteiger partial charge in [0.25, 0.3) is 0 Å². The minimum atomic E-state index is -0.475. The predicted molar refractivity (Wildman–Crippen MR) is 121 cm³/mol. The minimum absolute atomic E-state index is 0.0427. The lowest BCUT2D eigenvalue weighted by molar-refractivity contribution is -0.166. The van der Waals surface area contributed by atoms with Gasteiger partial charge in [0, 0.05) is 43.4 Å². The maximum absolute atomic E-state index is 13.8. The molecular formula is C27H40O5. The molecule has 0 spiro atoms. The molecule has 0 saturated heterocycles. The molecule has 4 aliphatic carbocycles. The molecule has 0 heterocycles. The molecule has 0 amide bonds. The summed E-state index contributed by atoms with van der Waals surface area (Å²) in [7, 11) is 0. The minimum Gasteiger partial charge on any atom is -0.466 e. The number of Topliss-reactive ketones (excluding diaryl/α,β-unsaturated/α-hetero) is 3. The van der Waals surface area contributed by atoms with Crippen LogP contribution in [0.2, 0.25) is 0 Å². The zero-order chi connectivity index (χ0) is 23.3. The zero-order valence-electron chi connectivity index (χ0n) is 20.3. The fraction of sp³-hybridized carbons (Fsp3) is 0.852. The van der Waals surface area contributed by atoms with Crippen LogP contribution in [0, 0.1) is 46.3 Å². The van der Waals surface area contributed by atoms with Crippen molar-refractivity contribution < 1.29 is 23.9 Å². The second kappa shape index (κ2) is 8.68. The number of hydrogen-bond donors (Lipinski definition) is 0. The molecule has 4 rings (SSSR count). The van der Waals surface area contributed by atoms with E-state index < -0.39 is 5.41 Å². The number of ether oxygens (including phenoxy) is 1. The van der Waals surface area contributed by atoms with Gasteiger partial charge in [-0.2, -0.15) is 0 Å². The zero-order valence-corrected chi connectivity index (χ0v) is 20.3. The highest BCUT2D eigenvalue weighted by Gasteiger charge is 2.66. The standard InChI is InChI=1S/C27H40O5/c1-5-12-32-24(31)9-6-16(2)19-7-8-20-25-21(15-23(30)27(19,20)4)26(3)11-10-18(28)13-17(26)14-22(25)29/h16-17,19-21,25H,5-15H2,1-4H3/t16-,17+,19-,20+,21+,25?,26+,27-/m1/s1. The van der Waals surface area contributed by atoms with Crippen molar-refractivity contribution in [3.63, 3.8) is 0 Å². The molecule has 0 radical (unpaired) electrons. The average molecular weight is 445 g/mol. The van der Waals surface area contributed by atoms with Crippen LogP contribution in [0.15, 0.2) is 0 Å². The molecule has 0 aliphatic heterocycles. The normalized spacial score (nSPS) is 42.1. The first kappa shape index (κ1) is 23.6. The van der Waals surface area contributed by atoms with E-state index in [0.29, 0.717) is 50.3 Å². The molecule has 5 nitrogen and oxygen atoms in total. The van der Waals surface area contributed by atoms with E-state index in [4.69, 9.17) is 4.74 Å². The Bertz CT molecular complexity index is 802. The van der Waals surface area contributed by atoms with E-state index in [0.717, 1.165) is 32.1 Å². The van der Waals surface area contributed by atoms with Crippen molar-refractivity contribution in [2.45, 2.75) is 91.9 Å². The van der Waals surface area contributed by atoms with Crippen LogP contribution >= 0.6 is 0 Å². The summed E-state index contributed by atoms with van der Waals surface area (Å²) < 4.78 is 5.24. The van der Waals surface area contributed by atoms with Gasteiger partial charge in [-0.15, -0.1) is 0 Å². The summed E-state index contributed by atoms with van der Waals surface area (Å²) in [6.07, 6.45) is 6.73. The van der Waals surface area contributed by atoms with Gasteiger partial charge in [-0.1, -0.05) is 27.7 Å². The van der Waals surface area contributed by atoms with Gasteiger partial charge in [0.05, 0.1) is 6.61 Å². The fourth-order valence-corrected chi connectivity index (χ4v) is 8.22. The van der Waals surface area contributed by atoms with E-state index in [1.807, 2.05) is 6.92 Å². The Morgan fingerprint density at radius 1 is 1.09 bits per heavy atom. The van der Waals surface area contributed by atoms with Crippen LogP contribution in [0.5, 0.6) is 0 Å². The molecule has 4 fully saturated rings. The third-order valence-corrected chi connectivity index (χ3v) is 10.2.